The minimum absolute atomic E-state index is 0.112. The van der Waals surface area contributed by atoms with Crippen LogP contribution >= 0.6 is 0 Å². The van der Waals surface area contributed by atoms with Crippen molar-refractivity contribution in [2.45, 2.75) is 47.2 Å². The lowest BCUT2D eigenvalue weighted by Crippen LogP contribution is -2.49. The number of rotatable bonds is 8. The standard InChI is InChI=1S/C23H30N2O3/c1-6-24-23(27)19(5)25(14-20-10-8-7-9-17(20)3)22(26)15-28-21-12-11-16(2)13-18(21)4/h7-13,19H,6,14-15H2,1-5H3,(H,24,27)/t19-/m1/s1. The SMILES string of the molecule is CCNC(=O)[C@@H](C)N(Cc1ccccc1C)C(=O)COc1ccc(C)cc1C. The summed E-state index contributed by atoms with van der Waals surface area (Å²) in [5, 5.41) is 2.80. The van der Waals surface area contributed by atoms with E-state index in [1.807, 2.05) is 70.2 Å². The highest BCUT2D eigenvalue weighted by atomic mass is 16.5. The number of aryl methyl sites for hydroxylation is 3. The van der Waals surface area contributed by atoms with Gasteiger partial charge in [0.05, 0.1) is 0 Å². The number of ether oxygens (including phenoxy) is 1. The van der Waals surface area contributed by atoms with Gasteiger partial charge in [-0.25, -0.2) is 0 Å². The molecule has 0 aliphatic heterocycles. The van der Waals surface area contributed by atoms with Crippen LogP contribution in [-0.4, -0.2) is 35.9 Å². The molecule has 0 fully saturated rings. The van der Waals surface area contributed by atoms with Crippen LogP contribution in [-0.2, 0) is 16.1 Å². The van der Waals surface area contributed by atoms with Crippen LogP contribution in [0.2, 0.25) is 0 Å². The highest BCUT2D eigenvalue weighted by Crippen LogP contribution is 2.19. The average molecular weight is 383 g/mol. The Balaban J connectivity index is 2.18. The van der Waals surface area contributed by atoms with Crippen molar-refractivity contribution in [3.8, 4) is 5.75 Å². The van der Waals surface area contributed by atoms with Gasteiger partial charge >= 0.3 is 0 Å². The molecule has 28 heavy (non-hydrogen) atoms. The van der Waals surface area contributed by atoms with E-state index in [2.05, 4.69) is 5.32 Å². The third-order valence-electron chi connectivity index (χ3n) is 4.80. The molecule has 2 amide bonds. The van der Waals surface area contributed by atoms with Gasteiger partial charge in [-0.2, -0.15) is 0 Å². The van der Waals surface area contributed by atoms with Gasteiger partial charge in [0.1, 0.15) is 11.8 Å². The molecular weight excluding hydrogens is 352 g/mol. The zero-order valence-electron chi connectivity index (χ0n) is 17.4. The van der Waals surface area contributed by atoms with Crippen LogP contribution in [0.1, 0.15) is 36.1 Å². The smallest absolute Gasteiger partial charge is 0.261 e. The molecule has 5 nitrogen and oxygen atoms in total. The normalized spacial score (nSPS) is 11.6. The Kier molecular flexibility index (Phi) is 7.61. The maximum atomic E-state index is 13.0. The molecule has 0 radical (unpaired) electrons. The molecule has 0 saturated heterocycles. The summed E-state index contributed by atoms with van der Waals surface area (Å²) < 4.78 is 5.77. The van der Waals surface area contributed by atoms with Gasteiger partial charge in [0.15, 0.2) is 6.61 Å². The topological polar surface area (TPSA) is 58.6 Å². The van der Waals surface area contributed by atoms with Crippen LogP contribution in [0.5, 0.6) is 5.75 Å². The molecule has 0 saturated carbocycles. The second-order valence-corrected chi connectivity index (χ2v) is 7.08. The van der Waals surface area contributed by atoms with E-state index in [1.165, 1.54) is 0 Å². The first-order chi connectivity index (χ1) is 13.3. The van der Waals surface area contributed by atoms with Crippen molar-refractivity contribution in [2.75, 3.05) is 13.2 Å². The van der Waals surface area contributed by atoms with Crippen LogP contribution in [0.4, 0.5) is 0 Å². The van der Waals surface area contributed by atoms with E-state index in [4.69, 9.17) is 4.74 Å². The highest BCUT2D eigenvalue weighted by molar-refractivity contribution is 5.88. The fraction of sp³-hybridized carbons (Fsp3) is 0.391. The van der Waals surface area contributed by atoms with Crippen molar-refractivity contribution in [1.82, 2.24) is 10.2 Å². The Bertz CT molecular complexity index is 832. The molecular formula is C23H30N2O3. The van der Waals surface area contributed by atoms with Crippen LogP contribution in [0.25, 0.3) is 0 Å². The number of hydrogen-bond acceptors (Lipinski definition) is 3. The van der Waals surface area contributed by atoms with E-state index in [9.17, 15) is 9.59 Å². The lowest BCUT2D eigenvalue weighted by atomic mass is 10.1. The van der Waals surface area contributed by atoms with Crippen molar-refractivity contribution in [3.05, 3.63) is 64.7 Å². The molecule has 1 N–H and O–H groups in total. The first-order valence-corrected chi connectivity index (χ1v) is 9.65. The number of nitrogens with one attached hydrogen (secondary N) is 1. The molecule has 0 unspecified atom stereocenters. The van der Waals surface area contributed by atoms with Crippen molar-refractivity contribution < 1.29 is 14.3 Å². The van der Waals surface area contributed by atoms with Gasteiger partial charge in [0.25, 0.3) is 5.91 Å². The van der Waals surface area contributed by atoms with Crippen LogP contribution < -0.4 is 10.1 Å². The summed E-state index contributed by atoms with van der Waals surface area (Å²) in [5.41, 5.74) is 4.22. The highest BCUT2D eigenvalue weighted by Gasteiger charge is 2.26. The van der Waals surface area contributed by atoms with E-state index >= 15 is 0 Å². The van der Waals surface area contributed by atoms with Crippen molar-refractivity contribution in [2.24, 2.45) is 0 Å². The third kappa shape index (κ3) is 5.59. The van der Waals surface area contributed by atoms with Gasteiger partial charge in [0.2, 0.25) is 5.91 Å². The van der Waals surface area contributed by atoms with Gasteiger partial charge in [-0.1, -0.05) is 42.0 Å². The van der Waals surface area contributed by atoms with E-state index in [0.717, 1.165) is 22.3 Å². The number of amides is 2. The number of carbonyl (C=O) groups is 2. The fourth-order valence-electron chi connectivity index (χ4n) is 3.06. The largest absolute Gasteiger partial charge is 0.483 e. The van der Waals surface area contributed by atoms with Crippen molar-refractivity contribution in [1.29, 1.82) is 0 Å². The Morgan fingerprint density at radius 2 is 1.79 bits per heavy atom. The number of carbonyl (C=O) groups excluding carboxylic acids is 2. The molecule has 5 heteroatoms. The molecule has 0 aliphatic carbocycles. The van der Waals surface area contributed by atoms with E-state index in [1.54, 1.807) is 11.8 Å². The number of benzene rings is 2. The molecule has 1 atom stereocenters. The van der Waals surface area contributed by atoms with Crippen LogP contribution in [0.3, 0.4) is 0 Å². The van der Waals surface area contributed by atoms with Gasteiger partial charge < -0.3 is 15.0 Å². The van der Waals surface area contributed by atoms with Crippen molar-refractivity contribution >= 4 is 11.8 Å². The summed E-state index contributed by atoms with van der Waals surface area (Å²) >= 11 is 0. The maximum absolute atomic E-state index is 13.0. The maximum Gasteiger partial charge on any atom is 0.261 e. The molecule has 2 rings (SSSR count). The molecule has 2 aromatic carbocycles. The second-order valence-electron chi connectivity index (χ2n) is 7.08. The minimum Gasteiger partial charge on any atom is -0.483 e. The summed E-state index contributed by atoms with van der Waals surface area (Å²) in [5.74, 6) is 0.290. The van der Waals surface area contributed by atoms with Crippen LogP contribution in [0.15, 0.2) is 42.5 Å². The van der Waals surface area contributed by atoms with E-state index < -0.39 is 6.04 Å². The molecule has 0 bridgehead atoms. The minimum atomic E-state index is -0.588. The van der Waals surface area contributed by atoms with Crippen LogP contribution in [0, 0.1) is 20.8 Å². The second kappa shape index (κ2) is 9.93. The quantitative estimate of drug-likeness (QED) is 0.760. The third-order valence-corrected chi connectivity index (χ3v) is 4.80. The molecule has 2 aromatic rings. The Morgan fingerprint density at radius 1 is 1.07 bits per heavy atom. The number of nitrogens with zero attached hydrogens (tertiary/aromatic N) is 1. The molecule has 0 spiro atoms. The Labute approximate surface area is 167 Å². The molecule has 150 valence electrons. The first kappa shape index (κ1) is 21.5. The predicted molar refractivity (Wildman–Crippen MR) is 111 cm³/mol. The summed E-state index contributed by atoms with van der Waals surface area (Å²) in [4.78, 5) is 26.9. The van der Waals surface area contributed by atoms with E-state index in [0.29, 0.717) is 18.8 Å². The van der Waals surface area contributed by atoms with Crippen molar-refractivity contribution in [3.63, 3.8) is 0 Å². The molecule has 0 aromatic heterocycles. The Hall–Kier alpha value is -2.82. The summed E-state index contributed by atoms with van der Waals surface area (Å²) in [6, 6.07) is 13.1. The summed E-state index contributed by atoms with van der Waals surface area (Å²) in [6.45, 7) is 10.4. The van der Waals surface area contributed by atoms with Gasteiger partial charge in [0, 0.05) is 13.1 Å². The number of hydrogen-bond donors (Lipinski definition) is 1. The lowest BCUT2D eigenvalue weighted by molar-refractivity contribution is -0.142. The average Bonchev–Trinajstić information content (AvgIpc) is 2.66. The summed E-state index contributed by atoms with van der Waals surface area (Å²) in [7, 11) is 0. The lowest BCUT2D eigenvalue weighted by Gasteiger charge is -2.29. The van der Waals surface area contributed by atoms with Gasteiger partial charge in [-0.15, -0.1) is 0 Å². The van der Waals surface area contributed by atoms with Gasteiger partial charge in [-0.05, 0) is 57.4 Å². The monoisotopic (exact) mass is 382 g/mol. The zero-order chi connectivity index (χ0) is 20.7. The summed E-state index contributed by atoms with van der Waals surface area (Å²) in [6.07, 6.45) is 0. The van der Waals surface area contributed by atoms with E-state index in [-0.39, 0.29) is 18.4 Å². The Morgan fingerprint density at radius 3 is 2.43 bits per heavy atom. The predicted octanol–water partition coefficient (Wildman–Crippen LogP) is 3.54. The fourth-order valence-corrected chi connectivity index (χ4v) is 3.06. The molecule has 0 heterocycles. The number of likely N-dealkylation sites (N-methyl/N-ethyl adjacent to an activating group) is 1. The zero-order valence-corrected chi connectivity index (χ0v) is 17.4. The first-order valence-electron chi connectivity index (χ1n) is 9.65. The van der Waals surface area contributed by atoms with Gasteiger partial charge in [-0.3, -0.25) is 9.59 Å². The molecule has 0 aliphatic rings.